The minimum absolute atomic E-state index is 0.323. The first kappa shape index (κ1) is 17.1. The Labute approximate surface area is 160 Å². The van der Waals surface area contributed by atoms with E-state index in [9.17, 15) is 5.11 Å². The lowest BCUT2D eigenvalue weighted by molar-refractivity contribution is 0.477. The molecule has 27 heavy (non-hydrogen) atoms. The highest BCUT2D eigenvalue weighted by atomic mass is 16.3. The molecule has 0 aliphatic heterocycles. The fourth-order valence-corrected chi connectivity index (χ4v) is 3.58. The predicted molar refractivity (Wildman–Crippen MR) is 112 cm³/mol. The number of benzene rings is 4. The van der Waals surface area contributed by atoms with Crippen LogP contribution in [0.4, 0.5) is 0 Å². The lowest BCUT2D eigenvalue weighted by Gasteiger charge is -2.17. The summed E-state index contributed by atoms with van der Waals surface area (Å²) in [6, 6.07) is 35.1. The molecular weight excluding hydrogens is 328 g/mol. The van der Waals surface area contributed by atoms with Crippen molar-refractivity contribution in [2.24, 2.45) is 0 Å². The third-order valence-electron chi connectivity index (χ3n) is 4.93. The number of phenols is 1. The Kier molecular flexibility index (Phi) is 5.02. The Balaban J connectivity index is 1.83. The summed E-state index contributed by atoms with van der Waals surface area (Å²) in [5, 5.41) is 10.4. The predicted octanol–water partition coefficient (Wildman–Crippen LogP) is 6.24. The summed E-state index contributed by atoms with van der Waals surface area (Å²) >= 11 is 0. The Morgan fingerprint density at radius 2 is 1.04 bits per heavy atom. The van der Waals surface area contributed by atoms with Gasteiger partial charge in [-0.3, -0.25) is 0 Å². The number of hydrogen-bond acceptors (Lipinski definition) is 1. The van der Waals surface area contributed by atoms with Crippen molar-refractivity contribution in [1.29, 1.82) is 0 Å². The van der Waals surface area contributed by atoms with E-state index >= 15 is 0 Å². The molecule has 0 saturated carbocycles. The van der Waals surface area contributed by atoms with E-state index in [0.29, 0.717) is 5.75 Å². The second-order valence-electron chi connectivity index (χ2n) is 6.79. The zero-order valence-corrected chi connectivity index (χ0v) is 15.2. The van der Waals surface area contributed by atoms with E-state index < -0.39 is 0 Å². The maximum absolute atomic E-state index is 10.4. The van der Waals surface area contributed by atoms with Crippen LogP contribution in [0.1, 0.15) is 22.3 Å². The van der Waals surface area contributed by atoms with Gasteiger partial charge in [-0.1, -0.05) is 97.1 Å². The molecule has 1 heteroatoms. The SMILES string of the molecule is Oc1ccccc1-c1cccc(Cc2ccccc2)c1Cc1ccccc1. The summed E-state index contributed by atoms with van der Waals surface area (Å²) in [6.07, 6.45) is 1.72. The fraction of sp³-hybridized carbons (Fsp3) is 0.0769. The summed E-state index contributed by atoms with van der Waals surface area (Å²) < 4.78 is 0. The highest BCUT2D eigenvalue weighted by molar-refractivity contribution is 5.74. The van der Waals surface area contributed by atoms with Crippen molar-refractivity contribution in [2.45, 2.75) is 12.8 Å². The van der Waals surface area contributed by atoms with Crippen LogP contribution in [0, 0.1) is 0 Å². The molecule has 0 aliphatic carbocycles. The molecule has 4 aromatic rings. The maximum atomic E-state index is 10.4. The Morgan fingerprint density at radius 3 is 1.70 bits per heavy atom. The van der Waals surface area contributed by atoms with Crippen LogP contribution < -0.4 is 0 Å². The first-order valence-electron chi connectivity index (χ1n) is 9.28. The normalized spacial score (nSPS) is 10.7. The largest absolute Gasteiger partial charge is 0.507 e. The zero-order chi connectivity index (χ0) is 18.5. The quantitative estimate of drug-likeness (QED) is 0.451. The zero-order valence-electron chi connectivity index (χ0n) is 15.2. The molecule has 0 unspecified atom stereocenters. The molecule has 0 saturated heterocycles. The molecular formula is C26H22O. The lowest BCUT2D eigenvalue weighted by Crippen LogP contribution is -2.00. The molecule has 132 valence electrons. The van der Waals surface area contributed by atoms with Gasteiger partial charge in [-0.25, -0.2) is 0 Å². The molecule has 0 aliphatic rings. The van der Waals surface area contributed by atoms with Crippen molar-refractivity contribution in [1.82, 2.24) is 0 Å². The van der Waals surface area contributed by atoms with Gasteiger partial charge >= 0.3 is 0 Å². The number of hydrogen-bond donors (Lipinski definition) is 1. The highest BCUT2D eigenvalue weighted by Gasteiger charge is 2.14. The third-order valence-corrected chi connectivity index (χ3v) is 4.93. The van der Waals surface area contributed by atoms with Gasteiger partial charge < -0.3 is 5.11 Å². The van der Waals surface area contributed by atoms with E-state index in [4.69, 9.17) is 0 Å². The van der Waals surface area contributed by atoms with Crippen LogP contribution in [0.2, 0.25) is 0 Å². The molecule has 0 amide bonds. The Bertz CT molecular complexity index is 1020. The van der Waals surface area contributed by atoms with E-state index in [1.807, 2.05) is 30.3 Å². The van der Waals surface area contributed by atoms with Gasteiger partial charge in [-0.15, -0.1) is 0 Å². The van der Waals surface area contributed by atoms with Gasteiger partial charge in [-0.2, -0.15) is 0 Å². The first-order chi connectivity index (χ1) is 13.3. The van der Waals surface area contributed by atoms with Crippen LogP contribution in [0.25, 0.3) is 11.1 Å². The molecule has 1 N–H and O–H groups in total. The maximum Gasteiger partial charge on any atom is 0.123 e. The average molecular weight is 350 g/mol. The molecule has 1 nitrogen and oxygen atoms in total. The van der Waals surface area contributed by atoms with Crippen molar-refractivity contribution in [3.8, 4) is 16.9 Å². The Morgan fingerprint density at radius 1 is 0.481 bits per heavy atom. The van der Waals surface area contributed by atoms with Crippen LogP contribution in [0.3, 0.4) is 0 Å². The standard InChI is InChI=1S/C26H22O/c27-26-17-8-7-15-24(26)23-16-9-14-22(18-20-10-3-1-4-11-20)25(23)19-21-12-5-2-6-13-21/h1-17,27H,18-19H2. The molecule has 0 spiro atoms. The summed E-state index contributed by atoms with van der Waals surface area (Å²) in [7, 11) is 0. The van der Waals surface area contributed by atoms with Crippen LogP contribution in [0.15, 0.2) is 103 Å². The van der Waals surface area contributed by atoms with E-state index in [0.717, 1.165) is 24.0 Å². The fourth-order valence-electron chi connectivity index (χ4n) is 3.58. The monoisotopic (exact) mass is 350 g/mol. The van der Waals surface area contributed by atoms with E-state index in [-0.39, 0.29) is 0 Å². The van der Waals surface area contributed by atoms with E-state index in [1.54, 1.807) is 6.07 Å². The molecule has 0 radical (unpaired) electrons. The van der Waals surface area contributed by atoms with Crippen molar-refractivity contribution in [2.75, 3.05) is 0 Å². The summed E-state index contributed by atoms with van der Waals surface area (Å²) in [5.74, 6) is 0.323. The second kappa shape index (κ2) is 7.92. The highest BCUT2D eigenvalue weighted by Crippen LogP contribution is 2.34. The molecule has 0 bridgehead atoms. The average Bonchev–Trinajstić information content (AvgIpc) is 2.71. The van der Waals surface area contributed by atoms with Crippen LogP contribution >= 0.6 is 0 Å². The number of phenolic OH excluding ortho intramolecular Hbond substituents is 1. The van der Waals surface area contributed by atoms with Gasteiger partial charge in [0.05, 0.1) is 0 Å². The van der Waals surface area contributed by atoms with Crippen LogP contribution in [-0.4, -0.2) is 5.11 Å². The van der Waals surface area contributed by atoms with E-state index in [2.05, 4.69) is 66.7 Å². The smallest absolute Gasteiger partial charge is 0.123 e. The van der Waals surface area contributed by atoms with Gasteiger partial charge in [0, 0.05) is 5.56 Å². The van der Waals surface area contributed by atoms with Crippen molar-refractivity contribution in [3.63, 3.8) is 0 Å². The number of para-hydroxylation sites is 1. The van der Waals surface area contributed by atoms with Gasteiger partial charge in [0.15, 0.2) is 0 Å². The van der Waals surface area contributed by atoms with Crippen LogP contribution in [0.5, 0.6) is 5.75 Å². The second-order valence-corrected chi connectivity index (χ2v) is 6.79. The molecule has 4 rings (SSSR count). The molecule has 0 atom stereocenters. The molecule has 0 heterocycles. The minimum Gasteiger partial charge on any atom is -0.507 e. The van der Waals surface area contributed by atoms with Gasteiger partial charge in [-0.05, 0) is 46.7 Å². The van der Waals surface area contributed by atoms with E-state index in [1.165, 1.54) is 22.3 Å². The first-order valence-corrected chi connectivity index (χ1v) is 9.28. The number of rotatable bonds is 5. The molecule has 0 fully saturated rings. The summed E-state index contributed by atoms with van der Waals surface area (Å²) in [6.45, 7) is 0. The van der Waals surface area contributed by atoms with Gasteiger partial charge in [0.1, 0.15) is 5.75 Å². The van der Waals surface area contributed by atoms with Gasteiger partial charge in [0.2, 0.25) is 0 Å². The summed E-state index contributed by atoms with van der Waals surface area (Å²) in [5.41, 5.74) is 7.12. The third kappa shape index (κ3) is 3.93. The number of aromatic hydroxyl groups is 1. The molecule has 4 aromatic carbocycles. The molecule has 0 aromatic heterocycles. The van der Waals surface area contributed by atoms with Crippen molar-refractivity contribution < 1.29 is 5.11 Å². The van der Waals surface area contributed by atoms with Crippen molar-refractivity contribution >= 4 is 0 Å². The Hall–Kier alpha value is -3.32. The summed E-state index contributed by atoms with van der Waals surface area (Å²) in [4.78, 5) is 0. The lowest BCUT2D eigenvalue weighted by atomic mass is 9.88. The van der Waals surface area contributed by atoms with Gasteiger partial charge in [0.25, 0.3) is 0 Å². The van der Waals surface area contributed by atoms with Crippen molar-refractivity contribution in [3.05, 3.63) is 125 Å². The topological polar surface area (TPSA) is 20.2 Å². The van der Waals surface area contributed by atoms with Crippen LogP contribution in [-0.2, 0) is 12.8 Å². The minimum atomic E-state index is 0.323.